The Morgan fingerprint density at radius 1 is 1.24 bits per heavy atom. The summed E-state index contributed by atoms with van der Waals surface area (Å²) in [6, 6.07) is 14.8. The smallest absolute Gasteiger partial charge is 0.293 e. The number of benzene rings is 2. The van der Waals surface area contributed by atoms with Gasteiger partial charge in [-0.25, -0.2) is 0 Å². The summed E-state index contributed by atoms with van der Waals surface area (Å²) in [7, 11) is 0. The van der Waals surface area contributed by atoms with Gasteiger partial charge in [-0.2, -0.15) is 0 Å². The summed E-state index contributed by atoms with van der Waals surface area (Å²) >= 11 is 0. The van der Waals surface area contributed by atoms with E-state index in [9.17, 15) is 14.9 Å². The highest BCUT2D eigenvalue weighted by Crippen LogP contribution is 2.31. The summed E-state index contributed by atoms with van der Waals surface area (Å²) in [6.07, 6.45) is 2.05. The zero-order valence-electron chi connectivity index (χ0n) is 14.1. The number of anilines is 1. The maximum absolute atomic E-state index is 12.3. The van der Waals surface area contributed by atoms with Gasteiger partial charge in [-0.3, -0.25) is 14.9 Å². The summed E-state index contributed by atoms with van der Waals surface area (Å²) in [5, 5.41) is 17.3. The fourth-order valence-electron chi connectivity index (χ4n) is 2.64. The van der Waals surface area contributed by atoms with Crippen LogP contribution in [0.5, 0.6) is 0 Å². The molecule has 2 aromatic carbocycles. The zero-order chi connectivity index (χ0) is 17.8. The summed E-state index contributed by atoms with van der Waals surface area (Å²) in [4.78, 5) is 23.2. The lowest BCUT2D eigenvalue weighted by Crippen LogP contribution is -2.27. The van der Waals surface area contributed by atoms with Crippen LogP contribution >= 0.6 is 0 Å². The average Bonchev–Trinajstić information content (AvgIpc) is 3.44. The van der Waals surface area contributed by atoms with E-state index in [4.69, 9.17) is 0 Å². The lowest BCUT2D eigenvalue weighted by Gasteiger charge is -2.13. The fourth-order valence-corrected chi connectivity index (χ4v) is 2.64. The number of nitrogens with one attached hydrogen (secondary N) is 2. The van der Waals surface area contributed by atoms with Crippen molar-refractivity contribution in [2.45, 2.75) is 31.7 Å². The van der Waals surface area contributed by atoms with Crippen LogP contribution in [0.15, 0.2) is 48.5 Å². The standard InChI is InChI=1S/C19H21N3O3/c1-13(14-5-3-2-4-6-14)12-20-19(23)15-7-10-17(21-16-8-9-16)18(11-15)22(24)25/h2-7,10-11,13,16,21H,8-9,12H2,1H3,(H,20,23)/t13-/m1/s1. The monoisotopic (exact) mass is 339 g/mol. The second kappa shape index (κ2) is 7.34. The molecule has 1 amide bonds. The third-order valence-corrected chi connectivity index (χ3v) is 4.33. The van der Waals surface area contributed by atoms with E-state index in [2.05, 4.69) is 10.6 Å². The van der Waals surface area contributed by atoms with Crippen LogP contribution in [0.4, 0.5) is 11.4 Å². The first kappa shape index (κ1) is 17.0. The number of hydrogen-bond acceptors (Lipinski definition) is 4. The summed E-state index contributed by atoms with van der Waals surface area (Å²) in [5.74, 6) is -0.139. The van der Waals surface area contributed by atoms with Crippen molar-refractivity contribution in [1.29, 1.82) is 0 Å². The molecule has 0 spiro atoms. The SMILES string of the molecule is C[C@H](CNC(=O)c1ccc(NC2CC2)c([N+](=O)[O-])c1)c1ccccc1. The minimum absolute atomic E-state index is 0.0596. The molecule has 6 heteroatoms. The Labute approximate surface area is 146 Å². The number of hydrogen-bond donors (Lipinski definition) is 2. The Bertz CT molecular complexity index is 773. The second-order valence-corrected chi connectivity index (χ2v) is 6.43. The van der Waals surface area contributed by atoms with E-state index >= 15 is 0 Å². The first-order chi connectivity index (χ1) is 12.0. The number of nitrogens with zero attached hydrogens (tertiary/aromatic N) is 1. The number of nitro groups is 1. The van der Waals surface area contributed by atoms with E-state index in [0.29, 0.717) is 23.8 Å². The van der Waals surface area contributed by atoms with Crippen LogP contribution in [0.25, 0.3) is 0 Å². The molecule has 1 aliphatic rings. The van der Waals surface area contributed by atoms with Gasteiger partial charge in [0.1, 0.15) is 5.69 Å². The predicted octanol–water partition coefficient (Wildman–Crippen LogP) is 3.70. The summed E-state index contributed by atoms with van der Waals surface area (Å²) in [5.41, 5.74) is 1.85. The van der Waals surface area contributed by atoms with Gasteiger partial charge in [-0.05, 0) is 36.5 Å². The molecule has 1 atom stereocenters. The first-order valence-electron chi connectivity index (χ1n) is 8.42. The molecule has 0 heterocycles. The molecule has 0 saturated heterocycles. The molecule has 2 N–H and O–H groups in total. The van der Waals surface area contributed by atoms with Crippen LogP contribution in [0.1, 0.15) is 41.6 Å². The van der Waals surface area contributed by atoms with Gasteiger partial charge in [0.15, 0.2) is 0 Å². The van der Waals surface area contributed by atoms with Gasteiger partial charge in [0, 0.05) is 24.2 Å². The van der Waals surface area contributed by atoms with Gasteiger partial charge in [-0.15, -0.1) is 0 Å². The molecular formula is C19H21N3O3. The second-order valence-electron chi connectivity index (χ2n) is 6.43. The van der Waals surface area contributed by atoms with Crippen LogP contribution in [0.3, 0.4) is 0 Å². The number of carbonyl (C=O) groups excluding carboxylic acids is 1. The Morgan fingerprint density at radius 2 is 1.96 bits per heavy atom. The van der Waals surface area contributed by atoms with E-state index in [0.717, 1.165) is 18.4 Å². The molecule has 0 aliphatic heterocycles. The number of nitro benzene ring substituents is 1. The Kier molecular flexibility index (Phi) is 4.97. The van der Waals surface area contributed by atoms with Crippen LogP contribution in [-0.4, -0.2) is 23.4 Å². The Hall–Kier alpha value is -2.89. The first-order valence-corrected chi connectivity index (χ1v) is 8.42. The molecule has 2 aromatic rings. The van der Waals surface area contributed by atoms with Gasteiger partial charge in [0.25, 0.3) is 11.6 Å². The normalized spacial score (nSPS) is 14.6. The number of rotatable bonds is 7. The largest absolute Gasteiger partial charge is 0.377 e. The lowest BCUT2D eigenvalue weighted by molar-refractivity contribution is -0.384. The van der Waals surface area contributed by atoms with E-state index in [-0.39, 0.29) is 17.5 Å². The third-order valence-electron chi connectivity index (χ3n) is 4.33. The zero-order valence-corrected chi connectivity index (χ0v) is 14.1. The molecule has 0 aromatic heterocycles. The molecule has 0 bridgehead atoms. The number of carbonyl (C=O) groups is 1. The molecule has 3 rings (SSSR count). The summed E-state index contributed by atoms with van der Waals surface area (Å²) < 4.78 is 0. The van der Waals surface area contributed by atoms with Crippen LogP contribution in [-0.2, 0) is 0 Å². The van der Waals surface area contributed by atoms with E-state index in [1.807, 2.05) is 37.3 Å². The molecule has 1 aliphatic carbocycles. The van der Waals surface area contributed by atoms with Gasteiger partial charge in [0.05, 0.1) is 4.92 Å². The van der Waals surface area contributed by atoms with Crippen molar-refractivity contribution in [3.63, 3.8) is 0 Å². The highest BCUT2D eigenvalue weighted by atomic mass is 16.6. The van der Waals surface area contributed by atoms with Gasteiger partial charge >= 0.3 is 0 Å². The molecule has 25 heavy (non-hydrogen) atoms. The molecule has 130 valence electrons. The maximum Gasteiger partial charge on any atom is 0.293 e. The van der Waals surface area contributed by atoms with Crippen molar-refractivity contribution >= 4 is 17.3 Å². The molecule has 0 unspecified atom stereocenters. The molecule has 1 fully saturated rings. The highest BCUT2D eigenvalue weighted by molar-refractivity contribution is 5.95. The Balaban J connectivity index is 1.67. The van der Waals surface area contributed by atoms with E-state index < -0.39 is 4.92 Å². The van der Waals surface area contributed by atoms with Crippen molar-refractivity contribution in [3.05, 3.63) is 69.8 Å². The minimum Gasteiger partial charge on any atom is -0.377 e. The number of amides is 1. The van der Waals surface area contributed by atoms with Gasteiger partial charge in [-0.1, -0.05) is 37.3 Å². The molecule has 6 nitrogen and oxygen atoms in total. The van der Waals surface area contributed by atoms with Crippen molar-refractivity contribution in [2.24, 2.45) is 0 Å². The average molecular weight is 339 g/mol. The van der Waals surface area contributed by atoms with Gasteiger partial charge in [0.2, 0.25) is 0 Å². The lowest BCUT2D eigenvalue weighted by atomic mass is 10.0. The van der Waals surface area contributed by atoms with Gasteiger partial charge < -0.3 is 10.6 Å². The Morgan fingerprint density at radius 3 is 2.60 bits per heavy atom. The van der Waals surface area contributed by atoms with E-state index in [1.54, 1.807) is 12.1 Å². The quantitative estimate of drug-likeness (QED) is 0.595. The molecule has 1 saturated carbocycles. The van der Waals surface area contributed by atoms with Crippen molar-refractivity contribution < 1.29 is 9.72 Å². The van der Waals surface area contributed by atoms with Crippen LogP contribution in [0.2, 0.25) is 0 Å². The third kappa shape index (κ3) is 4.35. The molecular weight excluding hydrogens is 318 g/mol. The maximum atomic E-state index is 12.3. The van der Waals surface area contributed by atoms with Crippen molar-refractivity contribution in [1.82, 2.24) is 5.32 Å². The van der Waals surface area contributed by atoms with Crippen molar-refractivity contribution in [2.75, 3.05) is 11.9 Å². The van der Waals surface area contributed by atoms with E-state index in [1.165, 1.54) is 6.07 Å². The fraction of sp³-hybridized carbons (Fsp3) is 0.316. The molecule has 0 radical (unpaired) electrons. The summed E-state index contributed by atoms with van der Waals surface area (Å²) in [6.45, 7) is 2.50. The highest BCUT2D eigenvalue weighted by Gasteiger charge is 2.25. The van der Waals surface area contributed by atoms with Crippen molar-refractivity contribution in [3.8, 4) is 0 Å². The topological polar surface area (TPSA) is 84.3 Å². The predicted molar refractivity (Wildman–Crippen MR) is 96.9 cm³/mol. The van der Waals surface area contributed by atoms with Crippen LogP contribution < -0.4 is 10.6 Å². The minimum atomic E-state index is -0.450. The van der Waals surface area contributed by atoms with Crippen LogP contribution in [0, 0.1) is 10.1 Å².